The molecule has 1 amide bonds. The molecule has 1 aliphatic heterocycles. The van der Waals surface area contributed by atoms with Crippen LogP contribution in [0.5, 0.6) is 0 Å². The number of hydrogen-bond acceptors (Lipinski definition) is 4. The van der Waals surface area contributed by atoms with E-state index in [9.17, 15) is 4.79 Å². The number of likely N-dealkylation sites (tertiary alicyclic amines) is 1. The molecule has 0 aliphatic carbocycles. The molecule has 0 bridgehead atoms. The number of carbonyl (C=O) groups excluding carboxylic acids is 1. The fourth-order valence-corrected chi connectivity index (χ4v) is 1.38. The monoisotopic (exact) mass is 240 g/mol. The molecule has 5 nitrogen and oxygen atoms in total. The zero-order valence-corrected chi connectivity index (χ0v) is 10.7. The van der Waals surface area contributed by atoms with Crippen molar-refractivity contribution < 1.29 is 14.4 Å². The van der Waals surface area contributed by atoms with Crippen molar-refractivity contribution in [3.63, 3.8) is 0 Å². The van der Waals surface area contributed by atoms with Gasteiger partial charge in [0, 0.05) is 13.0 Å². The van der Waals surface area contributed by atoms with E-state index in [2.05, 4.69) is 11.7 Å². The van der Waals surface area contributed by atoms with Crippen molar-refractivity contribution >= 4 is 11.8 Å². The second-order valence-electron chi connectivity index (χ2n) is 4.89. The zero-order valence-electron chi connectivity index (χ0n) is 10.7. The van der Waals surface area contributed by atoms with Gasteiger partial charge < -0.3 is 14.5 Å². The second kappa shape index (κ2) is 5.70. The van der Waals surface area contributed by atoms with Crippen molar-refractivity contribution in [3.8, 4) is 0 Å². The van der Waals surface area contributed by atoms with E-state index in [0.717, 1.165) is 12.1 Å². The van der Waals surface area contributed by atoms with E-state index in [1.807, 2.05) is 20.8 Å². The molecule has 17 heavy (non-hydrogen) atoms. The summed E-state index contributed by atoms with van der Waals surface area (Å²) in [5, 5.41) is 3.94. The van der Waals surface area contributed by atoms with Crippen molar-refractivity contribution in [1.82, 2.24) is 4.90 Å². The summed E-state index contributed by atoms with van der Waals surface area (Å²) in [7, 11) is 0. The van der Waals surface area contributed by atoms with E-state index in [-0.39, 0.29) is 6.09 Å². The van der Waals surface area contributed by atoms with Gasteiger partial charge in [-0.2, -0.15) is 0 Å². The molecule has 0 aromatic heterocycles. The lowest BCUT2D eigenvalue weighted by Gasteiger charge is -2.23. The van der Waals surface area contributed by atoms with Gasteiger partial charge in [-0.05, 0) is 20.8 Å². The summed E-state index contributed by atoms with van der Waals surface area (Å²) in [6, 6.07) is 0. The maximum absolute atomic E-state index is 11.7. The van der Waals surface area contributed by atoms with Crippen molar-refractivity contribution in [1.29, 1.82) is 0 Å². The van der Waals surface area contributed by atoms with Gasteiger partial charge in [-0.3, -0.25) is 0 Å². The summed E-state index contributed by atoms with van der Waals surface area (Å²) in [6.45, 7) is 10.6. The van der Waals surface area contributed by atoms with Gasteiger partial charge in [-0.1, -0.05) is 17.8 Å². The van der Waals surface area contributed by atoms with Crippen LogP contribution in [-0.4, -0.2) is 42.0 Å². The Morgan fingerprint density at radius 2 is 2.29 bits per heavy atom. The number of amides is 1. The lowest BCUT2D eigenvalue weighted by molar-refractivity contribution is 0.0302. The Hall–Kier alpha value is -1.52. The standard InChI is InChI=1S/C12H20N2O3/c1-5-8-16-13-10-6-7-14(9-10)11(15)17-12(2,3)4/h5H,1,6-9H2,2-4H3. The van der Waals surface area contributed by atoms with Crippen molar-refractivity contribution in [2.45, 2.75) is 32.8 Å². The summed E-state index contributed by atoms with van der Waals surface area (Å²) >= 11 is 0. The molecule has 0 aromatic rings. The van der Waals surface area contributed by atoms with Crippen LogP contribution in [0, 0.1) is 0 Å². The molecule has 0 saturated carbocycles. The predicted molar refractivity (Wildman–Crippen MR) is 66.0 cm³/mol. The molecule has 1 fully saturated rings. The van der Waals surface area contributed by atoms with Crippen molar-refractivity contribution in [3.05, 3.63) is 12.7 Å². The first-order chi connectivity index (χ1) is 7.92. The maximum Gasteiger partial charge on any atom is 0.410 e. The number of hydrogen-bond donors (Lipinski definition) is 0. The minimum absolute atomic E-state index is 0.300. The summed E-state index contributed by atoms with van der Waals surface area (Å²) in [5.41, 5.74) is 0.397. The van der Waals surface area contributed by atoms with Gasteiger partial charge in [0.1, 0.15) is 12.2 Å². The molecule has 0 N–H and O–H groups in total. The molecule has 1 heterocycles. The first-order valence-corrected chi connectivity index (χ1v) is 5.69. The molecule has 0 unspecified atom stereocenters. The number of carbonyl (C=O) groups is 1. The first-order valence-electron chi connectivity index (χ1n) is 5.69. The first kappa shape index (κ1) is 13.5. The molecule has 1 aliphatic rings. The Labute approximate surface area is 102 Å². The molecule has 0 radical (unpaired) electrons. The fourth-order valence-electron chi connectivity index (χ4n) is 1.38. The van der Waals surface area contributed by atoms with Crippen molar-refractivity contribution in [2.75, 3.05) is 19.7 Å². The van der Waals surface area contributed by atoms with Crippen molar-refractivity contribution in [2.24, 2.45) is 5.16 Å². The van der Waals surface area contributed by atoms with E-state index in [4.69, 9.17) is 9.57 Å². The number of ether oxygens (including phenoxy) is 1. The molecule has 0 aromatic carbocycles. The second-order valence-corrected chi connectivity index (χ2v) is 4.89. The molecular formula is C12H20N2O3. The van der Waals surface area contributed by atoms with Crippen LogP contribution in [0.1, 0.15) is 27.2 Å². The highest BCUT2D eigenvalue weighted by Crippen LogP contribution is 2.13. The van der Waals surface area contributed by atoms with Crippen LogP contribution in [0.3, 0.4) is 0 Å². The molecule has 96 valence electrons. The summed E-state index contributed by atoms with van der Waals surface area (Å²) < 4.78 is 5.27. The van der Waals surface area contributed by atoms with Crippen LogP contribution in [0.4, 0.5) is 4.79 Å². The van der Waals surface area contributed by atoms with Crippen LogP contribution in [0.15, 0.2) is 17.8 Å². The van der Waals surface area contributed by atoms with Gasteiger partial charge in [-0.25, -0.2) is 4.79 Å². The smallest absolute Gasteiger partial charge is 0.410 e. The van der Waals surface area contributed by atoms with Gasteiger partial charge in [0.25, 0.3) is 0 Å². The van der Waals surface area contributed by atoms with Crippen LogP contribution in [0.25, 0.3) is 0 Å². The third-order valence-electron chi connectivity index (χ3n) is 2.08. The highest BCUT2D eigenvalue weighted by molar-refractivity contribution is 5.91. The number of rotatable bonds is 3. The van der Waals surface area contributed by atoms with Gasteiger partial charge in [0.05, 0.1) is 12.3 Å². The minimum Gasteiger partial charge on any atom is -0.444 e. The maximum atomic E-state index is 11.7. The Morgan fingerprint density at radius 3 is 2.88 bits per heavy atom. The SMILES string of the molecule is C=CCON=C1CCN(C(=O)OC(C)(C)C)C1. The Balaban J connectivity index is 2.42. The van der Waals surface area contributed by atoms with Crippen LogP contribution >= 0.6 is 0 Å². The highest BCUT2D eigenvalue weighted by atomic mass is 16.6. The third-order valence-corrected chi connectivity index (χ3v) is 2.08. The quantitative estimate of drug-likeness (QED) is 0.431. The van der Waals surface area contributed by atoms with Crippen LogP contribution in [0.2, 0.25) is 0 Å². The number of nitrogens with zero attached hydrogens (tertiary/aromatic N) is 2. The Morgan fingerprint density at radius 1 is 1.59 bits per heavy atom. The topological polar surface area (TPSA) is 51.1 Å². The molecule has 1 saturated heterocycles. The van der Waals surface area contributed by atoms with E-state index in [1.165, 1.54) is 0 Å². The summed E-state index contributed by atoms with van der Waals surface area (Å²) in [4.78, 5) is 18.3. The summed E-state index contributed by atoms with van der Waals surface area (Å²) in [6.07, 6.45) is 2.06. The highest BCUT2D eigenvalue weighted by Gasteiger charge is 2.27. The zero-order chi connectivity index (χ0) is 12.9. The predicted octanol–water partition coefficient (Wildman–Crippen LogP) is 2.19. The van der Waals surface area contributed by atoms with Crippen LogP contribution in [-0.2, 0) is 9.57 Å². The molecule has 5 heteroatoms. The minimum atomic E-state index is -0.462. The average molecular weight is 240 g/mol. The van der Waals surface area contributed by atoms with E-state index in [1.54, 1.807) is 11.0 Å². The van der Waals surface area contributed by atoms with E-state index in [0.29, 0.717) is 19.7 Å². The lowest BCUT2D eigenvalue weighted by atomic mass is 10.2. The molecule has 1 rings (SSSR count). The fraction of sp³-hybridized carbons (Fsp3) is 0.667. The number of oxime groups is 1. The van der Waals surface area contributed by atoms with Crippen LogP contribution < -0.4 is 0 Å². The van der Waals surface area contributed by atoms with E-state index >= 15 is 0 Å². The normalized spacial score (nSPS) is 18.3. The van der Waals surface area contributed by atoms with Gasteiger partial charge in [-0.15, -0.1) is 0 Å². The van der Waals surface area contributed by atoms with E-state index < -0.39 is 5.60 Å². The van der Waals surface area contributed by atoms with Gasteiger partial charge in [0.2, 0.25) is 0 Å². The average Bonchev–Trinajstić information content (AvgIpc) is 2.64. The largest absolute Gasteiger partial charge is 0.444 e. The van der Waals surface area contributed by atoms with Gasteiger partial charge in [0.15, 0.2) is 0 Å². The molecule has 0 spiro atoms. The van der Waals surface area contributed by atoms with Gasteiger partial charge >= 0.3 is 6.09 Å². The molecular weight excluding hydrogens is 220 g/mol. The summed E-state index contributed by atoms with van der Waals surface area (Å²) in [5.74, 6) is 0. The third kappa shape index (κ3) is 4.89. The lowest BCUT2D eigenvalue weighted by Crippen LogP contribution is -2.35. The Kier molecular flexibility index (Phi) is 4.54. The molecule has 0 atom stereocenters. The Bertz CT molecular complexity index is 318.